The summed E-state index contributed by atoms with van der Waals surface area (Å²) in [6.07, 6.45) is 5.93. The Morgan fingerprint density at radius 2 is 2.19 bits per heavy atom. The van der Waals surface area contributed by atoms with Crippen LogP contribution in [0.3, 0.4) is 0 Å². The Labute approximate surface area is 123 Å². The van der Waals surface area contributed by atoms with Gasteiger partial charge in [0.1, 0.15) is 12.4 Å². The molecule has 21 heavy (non-hydrogen) atoms. The Morgan fingerprint density at radius 1 is 1.38 bits per heavy atom. The molecule has 0 radical (unpaired) electrons. The van der Waals surface area contributed by atoms with E-state index in [9.17, 15) is 0 Å². The Kier molecular flexibility index (Phi) is 4.31. The third kappa shape index (κ3) is 3.30. The lowest BCUT2D eigenvalue weighted by molar-refractivity contribution is 0.151. The van der Waals surface area contributed by atoms with Crippen molar-refractivity contribution in [2.24, 2.45) is 7.05 Å². The number of hydrogen-bond acceptors (Lipinski definition) is 6. The summed E-state index contributed by atoms with van der Waals surface area (Å²) >= 11 is 0. The monoisotopic (exact) mass is 291 g/mol. The van der Waals surface area contributed by atoms with E-state index in [-0.39, 0.29) is 0 Å². The van der Waals surface area contributed by atoms with E-state index in [4.69, 9.17) is 9.26 Å². The zero-order valence-electron chi connectivity index (χ0n) is 12.5. The van der Waals surface area contributed by atoms with E-state index in [1.54, 1.807) is 7.11 Å². The highest BCUT2D eigenvalue weighted by Crippen LogP contribution is 2.26. The van der Waals surface area contributed by atoms with Crippen molar-refractivity contribution in [1.82, 2.24) is 24.6 Å². The minimum atomic E-state index is 0.380. The van der Waals surface area contributed by atoms with E-state index < -0.39 is 0 Å². The maximum Gasteiger partial charge on any atom is 0.252 e. The molecule has 3 rings (SSSR count). The average molecular weight is 291 g/mol. The van der Waals surface area contributed by atoms with Gasteiger partial charge >= 0.3 is 0 Å². The third-order valence-corrected chi connectivity index (χ3v) is 3.99. The van der Waals surface area contributed by atoms with Gasteiger partial charge < -0.3 is 13.8 Å². The SMILES string of the molecule is COCc1nc(C2CCN(Cc3nccn3C)CC2)no1. The zero-order chi connectivity index (χ0) is 14.7. The first kappa shape index (κ1) is 14.2. The van der Waals surface area contributed by atoms with Gasteiger partial charge in [0.2, 0.25) is 0 Å². The van der Waals surface area contributed by atoms with Crippen molar-refractivity contribution in [1.29, 1.82) is 0 Å². The number of nitrogens with zero attached hydrogens (tertiary/aromatic N) is 5. The lowest BCUT2D eigenvalue weighted by Crippen LogP contribution is -2.33. The molecule has 1 aliphatic heterocycles. The quantitative estimate of drug-likeness (QED) is 0.828. The van der Waals surface area contributed by atoms with Crippen LogP contribution in [-0.4, -0.2) is 44.8 Å². The number of rotatable bonds is 5. The molecule has 1 saturated heterocycles. The van der Waals surface area contributed by atoms with E-state index >= 15 is 0 Å². The molecule has 1 fully saturated rings. The van der Waals surface area contributed by atoms with Gasteiger partial charge in [-0.25, -0.2) is 4.98 Å². The molecule has 114 valence electrons. The molecule has 7 nitrogen and oxygen atoms in total. The highest BCUT2D eigenvalue weighted by molar-refractivity contribution is 4.99. The molecule has 0 saturated carbocycles. The predicted octanol–water partition coefficient (Wildman–Crippen LogP) is 1.33. The number of piperidine rings is 1. The average Bonchev–Trinajstić information content (AvgIpc) is 3.11. The van der Waals surface area contributed by atoms with Gasteiger partial charge in [-0.3, -0.25) is 4.90 Å². The number of aryl methyl sites for hydroxylation is 1. The second-order valence-electron chi connectivity index (χ2n) is 5.48. The number of ether oxygens (including phenoxy) is 1. The van der Waals surface area contributed by atoms with Crippen LogP contribution in [0.4, 0.5) is 0 Å². The molecule has 2 aromatic rings. The van der Waals surface area contributed by atoms with Crippen LogP contribution in [-0.2, 0) is 24.9 Å². The van der Waals surface area contributed by atoms with Crippen LogP contribution in [0, 0.1) is 0 Å². The van der Waals surface area contributed by atoms with Crippen molar-refractivity contribution in [3.8, 4) is 0 Å². The van der Waals surface area contributed by atoms with E-state index in [1.165, 1.54) is 0 Å². The van der Waals surface area contributed by atoms with Crippen LogP contribution in [0.1, 0.15) is 36.3 Å². The lowest BCUT2D eigenvalue weighted by atomic mass is 9.96. The maximum absolute atomic E-state index is 5.17. The van der Waals surface area contributed by atoms with Crippen molar-refractivity contribution in [3.05, 3.63) is 29.9 Å². The fraction of sp³-hybridized carbons (Fsp3) is 0.643. The van der Waals surface area contributed by atoms with Crippen LogP contribution in [0.25, 0.3) is 0 Å². The minimum absolute atomic E-state index is 0.380. The predicted molar refractivity (Wildman–Crippen MR) is 75.5 cm³/mol. The summed E-state index contributed by atoms with van der Waals surface area (Å²) in [6.45, 7) is 3.35. The Morgan fingerprint density at radius 3 is 2.86 bits per heavy atom. The Balaban J connectivity index is 1.53. The molecular formula is C14H21N5O2. The Hall–Kier alpha value is -1.73. The first-order valence-corrected chi connectivity index (χ1v) is 7.26. The second kappa shape index (κ2) is 6.36. The first-order chi connectivity index (χ1) is 10.3. The van der Waals surface area contributed by atoms with Gasteiger partial charge in [0.15, 0.2) is 5.82 Å². The molecule has 0 atom stereocenters. The maximum atomic E-state index is 5.17. The molecule has 7 heteroatoms. The summed E-state index contributed by atoms with van der Waals surface area (Å²) in [4.78, 5) is 11.2. The molecule has 3 heterocycles. The van der Waals surface area contributed by atoms with Gasteiger partial charge in [-0.05, 0) is 25.9 Å². The summed E-state index contributed by atoms with van der Waals surface area (Å²) in [5.41, 5.74) is 0. The summed E-state index contributed by atoms with van der Waals surface area (Å²) in [7, 11) is 3.66. The van der Waals surface area contributed by atoms with Crippen molar-refractivity contribution in [3.63, 3.8) is 0 Å². The van der Waals surface area contributed by atoms with Crippen molar-refractivity contribution >= 4 is 0 Å². The summed E-state index contributed by atoms with van der Waals surface area (Å²) in [6, 6.07) is 0. The Bertz CT molecular complexity index is 571. The van der Waals surface area contributed by atoms with Crippen LogP contribution in [0.5, 0.6) is 0 Å². The molecule has 0 N–H and O–H groups in total. The van der Waals surface area contributed by atoms with Gasteiger partial charge in [0, 0.05) is 32.5 Å². The van der Waals surface area contributed by atoms with Gasteiger partial charge in [-0.2, -0.15) is 4.98 Å². The van der Waals surface area contributed by atoms with E-state index in [1.807, 2.05) is 19.4 Å². The summed E-state index contributed by atoms with van der Waals surface area (Å²) in [5.74, 6) is 2.87. The number of methoxy groups -OCH3 is 1. The second-order valence-corrected chi connectivity index (χ2v) is 5.48. The number of likely N-dealkylation sites (tertiary alicyclic amines) is 1. The molecule has 1 aliphatic rings. The molecule has 0 amide bonds. The molecule has 2 aromatic heterocycles. The van der Waals surface area contributed by atoms with Crippen LogP contribution in [0.15, 0.2) is 16.9 Å². The summed E-state index contributed by atoms with van der Waals surface area (Å²) in [5, 5.41) is 4.07. The standard InChI is InChI=1S/C14H21N5O2/c1-18-8-5-15-12(18)9-19-6-3-11(4-7-19)14-16-13(10-20-2)21-17-14/h5,8,11H,3-4,6-7,9-10H2,1-2H3. The minimum Gasteiger partial charge on any atom is -0.375 e. The normalized spacial score (nSPS) is 17.4. The van der Waals surface area contributed by atoms with Gasteiger partial charge in [-0.1, -0.05) is 5.16 Å². The largest absolute Gasteiger partial charge is 0.375 e. The van der Waals surface area contributed by atoms with Gasteiger partial charge in [0.25, 0.3) is 5.89 Å². The summed E-state index contributed by atoms with van der Waals surface area (Å²) < 4.78 is 12.2. The lowest BCUT2D eigenvalue weighted by Gasteiger charge is -2.30. The van der Waals surface area contributed by atoms with Crippen molar-refractivity contribution < 1.29 is 9.26 Å². The van der Waals surface area contributed by atoms with Crippen molar-refractivity contribution in [2.75, 3.05) is 20.2 Å². The zero-order valence-corrected chi connectivity index (χ0v) is 12.5. The van der Waals surface area contributed by atoms with Gasteiger partial charge in [0.05, 0.1) is 6.54 Å². The third-order valence-electron chi connectivity index (χ3n) is 3.99. The van der Waals surface area contributed by atoms with Gasteiger partial charge in [-0.15, -0.1) is 0 Å². The number of hydrogen-bond donors (Lipinski definition) is 0. The first-order valence-electron chi connectivity index (χ1n) is 7.26. The fourth-order valence-electron chi connectivity index (χ4n) is 2.71. The highest BCUT2D eigenvalue weighted by atomic mass is 16.5. The molecule has 0 spiro atoms. The van der Waals surface area contributed by atoms with Crippen LogP contribution in [0.2, 0.25) is 0 Å². The van der Waals surface area contributed by atoms with Crippen LogP contribution < -0.4 is 0 Å². The van der Waals surface area contributed by atoms with Crippen molar-refractivity contribution in [2.45, 2.75) is 31.9 Å². The molecule has 0 aliphatic carbocycles. The van der Waals surface area contributed by atoms with Crippen LogP contribution >= 0.6 is 0 Å². The molecular weight excluding hydrogens is 270 g/mol. The molecule has 0 unspecified atom stereocenters. The molecule has 0 bridgehead atoms. The number of imidazole rings is 1. The smallest absolute Gasteiger partial charge is 0.252 e. The molecule has 0 aromatic carbocycles. The topological polar surface area (TPSA) is 69.2 Å². The van der Waals surface area contributed by atoms with E-state index in [0.29, 0.717) is 18.4 Å². The fourth-order valence-corrected chi connectivity index (χ4v) is 2.71. The van der Waals surface area contributed by atoms with E-state index in [0.717, 1.165) is 44.1 Å². The van der Waals surface area contributed by atoms with E-state index in [2.05, 4.69) is 24.6 Å². The number of aromatic nitrogens is 4. The highest BCUT2D eigenvalue weighted by Gasteiger charge is 2.25.